The van der Waals surface area contributed by atoms with Crippen molar-refractivity contribution in [3.05, 3.63) is 0 Å². The van der Waals surface area contributed by atoms with E-state index < -0.39 is 0 Å². The molecule has 0 aromatic rings. The molecule has 2 unspecified atom stereocenters. The number of hydrogen-bond donors (Lipinski definition) is 1. The Kier molecular flexibility index (Phi) is 4.62. The second-order valence-electron chi connectivity index (χ2n) is 5.27. The molecule has 2 aliphatic carbocycles. The molecule has 2 saturated carbocycles. The molecule has 16 heavy (non-hydrogen) atoms. The fourth-order valence-electron chi connectivity index (χ4n) is 2.93. The van der Waals surface area contributed by atoms with E-state index in [0.29, 0.717) is 6.04 Å². The zero-order chi connectivity index (χ0) is 11.4. The highest BCUT2D eigenvalue weighted by molar-refractivity contribution is 4.87. The van der Waals surface area contributed by atoms with Crippen LogP contribution >= 0.6 is 0 Å². The van der Waals surface area contributed by atoms with E-state index in [0.717, 1.165) is 18.4 Å². The van der Waals surface area contributed by atoms with Crippen LogP contribution in [0.25, 0.3) is 0 Å². The van der Waals surface area contributed by atoms with Crippen molar-refractivity contribution in [3.63, 3.8) is 0 Å². The monoisotopic (exact) mass is 227 g/mol. The lowest BCUT2D eigenvalue weighted by Gasteiger charge is -2.30. The van der Waals surface area contributed by atoms with Crippen LogP contribution in [0.1, 0.15) is 38.5 Å². The standard InChI is InChI=1S/C13H25NO2/c1-15-13(16-2)9-14-12-5-3-4-11(8-12)10-6-7-10/h10-14H,3-9H2,1-2H3. The molecule has 0 radical (unpaired) electrons. The summed E-state index contributed by atoms with van der Waals surface area (Å²) in [5, 5.41) is 3.59. The van der Waals surface area contributed by atoms with Crippen LogP contribution in [-0.4, -0.2) is 33.1 Å². The van der Waals surface area contributed by atoms with Gasteiger partial charge >= 0.3 is 0 Å². The predicted molar refractivity (Wildman–Crippen MR) is 64.3 cm³/mol. The molecule has 0 aliphatic heterocycles. The average molecular weight is 227 g/mol. The first-order valence-electron chi connectivity index (χ1n) is 6.62. The van der Waals surface area contributed by atoms with Crippen molar-refractivity contribution in [2.75, 3.05) is 20.8 Å². The minimum absolute atomic E-state index is 0.0960. The van der Waals surface area contributed by atoms with Gasteiger partial charge in [-0.2, -0.15) is 0 Å². The van der Waals surface area contributed by atoms with E-state index >= 15 is 0 Å². The van der Waals surface area contributed by atoms with E-state index in [1.165, 1.54) is 38.5 Å². The summed E-state index contributed by atoms with van der Waals surface area (Å²) in [5.74, 6) is 2.06. The SMILES string of the molecule is COC(CNC1CCCC(C2CC2)C1)OC. The van der Waals surface area contributed by atoms with Gasteiger partial charge in [0.2, 0.25) is 0 Å². The van der Waals surface area contributed by atoms with Crippen molar-refractivity contribution in [2.24, 2.45) is 11.8 Å². The van der Waals surface area contributed by atoms with Gasteiger partial charge in [0.25, 0.3) is 0 Å². The van der Waals surface area contributed by atoms with Crippen LogP contribution in [0.5, 0.6) is 0 Å². The van der Waals surface area contributed by atoms with Gasteiger partial charge in [0.15, 0.2) is 6.29 Å². The summed E-state index contributed by atoms with van der Waals surface area (Å²) in [6.07, 6.45) is 8.41. The van der Waals surface area contributed by atoms with Crippen LogP contribution in [-0.2, 0) is 9.47 Å². The van der Waals surface area contributed by atoms with E-state index in [4.69, 9.17) is 9.47 Å². The third-order valence-electron chi connectivity index (χ3n) is 4.10. The lowest BCUT2D eigenvalue weighted by molar-refractivity contribution is -0.100. The Bertz CT molecular complexity index is 202. The van der Waals surface area contributed by atoms with Crippen molar-refractivity contribution in [3.8, 4) is 0 Å². The largest absolute Gasteiger partial charge is 0.355 e. The Labute approximate surface area is 98.9 Å². The minimum atomic E-state index is -0.0960. The van der Waals surface area contributed by atoms with Crippen LogP contribution in [0.3, 0.4) is 0 Å². The maximum Gasteiger partial charge on any atom is 0.169 e. The minimum Gasteiger partial charge on any atom is -0.355 e. The molecule has 2 atom stereocenters. The second-order valence-corrected chi connectivity index (χ2v) is 5.27. The van der Waals surface area contributed by atoms with Crippen LogP contribution < -0.4 is 5.32 Å². The summed E-state index contributed by atoms with van der Waals surface area (Å²) in [7, 11) is 3.40. The van der Waals surface area contributed by atoms with Crippen LogP contribution in [0, 0.1) is 11.8 Å². The van der Waals surface area contributed by atoms with Gasteiger partial charge in [0, 0.05) is 26.8 Å². The molecule has 94 valence electrons. The Morgan fingerprint density at radius 1 is 1.06 bits per heavy atom. The number of methoxy groups -OCH3 is 2. The molecule has 2 rings (SSSR count). The molecule has 0 aromatic heterocycles. The summed E-state index contributed by atoms with van der Waals surface area (Å²) < 4.78 is 10.4. The molecule has 1 N–H and O–H groups in total. The summed E-state index contributed by atoms with van der Waals surface area (Å²) in [6, 6.07) is 0.687. The molecular formula is C13H25NO2. The third-order valence-corrected chi connectivity index (χ3v) is 4.10. The first-order chi connectivity index (χ1) is 7.83. The Balaban J connectivity index is 1.68. The summed E-state index contributed by atoms with van der Waals surface area (Å²) >= 11 is 0. The first-order valence-corrected chi connectivity index (χ1v) is 6.62. The molecule has 0 spiro atoms. The molecule has 0 aromatic carbocycles. The maximum atomic E-state index is 5.19. The third kappa shape index (κ3) is 3.44. The lowest BCUT2D eigenvalue weighted by Crippen LogP contribution is -2.40. The van der Waals surface area contributed by atoms with Crippen molar-refractivity contribution >= 4 is 0 Å². The molecule has 0 saturated heterocycles. The zero-order valence-electron chi connectivity index (χ0n) is 10.6. The van der Waals surface area contributed by atoms with Crippen LogP contribution in [0.4, 0.5) is 0 Å². The lowest BCUT2D eigenvalue weighted by atomic mass is 9.83. The number of rotatable bonds is 6. The van der Waals surface area contributed by atoms with E-state index in [-0.39, 0.29) is 6.29 Å². The highest BCUT2D eigenvalue weighted by Gasteiger charge is 2.34. The van der Waals surface area contributed by atoms with Gasteiger partial charge in [-0.15, -0.1) is 0 Å². The average Bonchev–Trinajstić information content (AvgIpc) is 3.15. The summed E-state index contributed by atoms with van der Waals surface area (Å²) in [4.78, 5) is 0. The highest BCUT2D eigenvalue weighted by atomic mass is 16.7. The number of ether oxygens (including phenoxy) is 2. The molecular weight excluding hydrogens is 202 g/mol. The predicted octanol–water partition coefficient (Wildman–Crippen LogP) is 2.16. The Hall–Kier alpha value is -0.120. The fourth-order valence-corrected chi connectivity index (χ4v) is 2.93. The molecule has 0 bridgehead atoms. The van der Waals surface area contributed by atoms with Gasteiger partial charge in [0.05, 0.1) is 0 Å². The molecule has 0 heterocycles. The van der Waals surface area contributed by atoms with Crippen molar-refractivity contribution in [1.29, 1.82) is 0 Å². The number of hydrogen-bond acceptors (Lipinski definition) is 3. The van der Waals surface area contributed by atoms with E-state index in [1.54, 1.807) is 14.2 Å². The van der Waals surface area contributed by atoms with Crippen LogP contribution in [0.2, 0.25) is 0 Å². The first kappa shape index (κ1) is 12.3. The van der Waals surface area contributed by atoms with Crippen molar-refractivity contribution in [1.82, 2.24) is 5.32 Å². The quantitative estimate of drug-likeness (QED) is 0.705. The van der Waals surface area contributed by atoms with E-state index in [9.17, 15) is 0 Å². The van der Waals surface area contributed by atoms with Crippen LogP contribution in [0.15, 0.2) is 0 Å². The normalized spacial score (nSPS) is 30.9. The van der Waals surface area contributed by atoms with Gasteiger partial charge in [-0.05, 0) is 37.5 Å². The molecule has 2 fully saturated rings. The molecule has 3 nitrogen and oxygen atoms in total. The fraction of sp³-hybridized carbons (Fsp3) is 1.00. The summed E-state index contributed by atoms with van der Waals surface area (Å²) in [5.41, 5.74) is 0. The maximum absolute atomic E-state index is 5.19. The van der Waals surface area contributed by atoms with E-state index in [2.05, 4.69) is 5.32 Å². The summed E-state index contributed by atoms with van der Waals surface area (Å²) in [6.45, 7) is 0.815. The van der Waals surface area contributed by atoms with E-state index in [1.807, 2.05) is 0 Å². The van der Waals surface area contributed by atoms with Gasteiger partial charge in [0.1, 0.15) is 0 Å². The van der Waals surface area contributed by atoms with Crippen molar-refractivity contribution in [2.45, 2.75) is 50.9 Å². The number of nitrogens with one attached hydrogen (secondary N) is 1. The smallest absolute Gasteiger partial charge is 0.169 e. The van der Waals surface area contributed by atoms with Crippen molar-refractivity contribution < 1.29 is 9.47 Å². The van der Waals surface area contributed by atoms with Gasteiger partial charge < -0.3 is 14.8 Å². The molecule has 2 aliphatic rings. The van der Waals surface area contributed by atoms with Gasteiger partial charge in [-0.25, -0.2) is 0 Å². The highest BCUT2D eigenvalue weighted by Crippen LogP contribution is 2.43. The second kappa shape index (κ2) is 5.99. The topological polar surface area (TPSA) is 30.5 Å². The Morgan fingerprint density at radius 2 is 1.81 bits per heavy atom. The Morgan fingerprint density at radius 3 is 2.44 bits per heavy atom. The zero-order valence-corrected chi connectivity index (χ0v) is 10.6. The molecule has 3 heteroatoms. The van der Waals surface area contributed by atoms with Gasteiger partial charge in [-0.1, -0.05) is 12.8 Å². The molecule has 0 amide bonds. The van der Waals surface area contributed by atoms with Gasteiger partial charge in [-0.3, -0.25) is 0 Å².